The van der Waals surface area contributed by atoms with Gasteiger partial charge in [-0.1, -0.05) is 6.92 Å². The molecule has 1 fully saturated rings. The molecular weight excluding hydrogens is 318 g/mol. The Bertz CT molecular complexity index is 673. The molecule has 8 heteroatoms. The fourth-order valence-corrected chi connectivity index (χ4v) is 3.16. The zero-order valence-electron chi connectivity index (χ0n) is 14.6. The highest BCUT2D eigenvalue weighted by atomic mass is 16.2. The van der Waals surface area contributed by atoms with E-state index in [0.29, 0.717) is 6.04 Å². The van der Waals surface area contributed by atoms with Crippen molar-refractivity contribution < 1.29 is 4.79 Å². The molecule has 25 heavy (non-hydrogen) atoms. The van der Waals surface area contributed by atoms with Crippen molar-refractivity contribution in [2.24, 2.45) is 0 Å². The number of carbonyl (C=O) groups is 1. The molecule has 134 valence electrons. The molecule has 0 spiro atoms. The van der Waals surface area contributed by atoms with Gasteiger partial charge in [0.1, 0.15) is 5.82 Å². The first-order valence-corrected chi connectivity index (χ1v) is 8.84. The second kappa shape index (κ2) is 8.57. The lowest BCUT2D eigenvalue weighted by atomic mass is 10.2. The molecule has 0 aromatic carbocycles. The topological polar surface area (TPSA) is 88.0 Å². The highest BCUT2D eigenvalue weighted by Crippen LogP contribution is 2.22. The summed E-state index contributed by atoms with van der Waals surface area (Å²) in [4.78, 5) is 14.4. The van der Waals surface area contributed by atoms with Gasteiger partial charge in [0.15, 0.2) is 5.82 Å². The number of hydrogen-bond acceptors (Lipinski definition) is 6. The van der Waals surface area contributed by atoms with Gasteiger partial charge in [-0.2, -0.15) is 10.2 Å². The van der Waals surface area contributed by atoms with Crippen molar-refractivity contribution in [1.29, 1.82) is 0 Å². The van der Waals surface area contributed by atoms with Crippen LogP contribution in [0, 0.1) is 0 Å². The number of aromatic nitrogens is 4. The van der Waals surface area contributed by atoms with Crippen molar-refractivity contribution in [3.05, 3.63) is 30.6 Å². The number of rotatable bonds is 8. The van der Waals surface area contributed by atoms with Crippen LogP contribution in [-0.4, -0.2) is 51.6 Å². The summed E-state index contributed by atoms with van der Waals surface area (Å²) < 4.78 is 1.81. The maximum Gasteiger partial charge on any atom is 0.239 e. The van der Waals surface area contributed by atoms with Gasteiger partial charge >= 0.3 is 0 Å². The molecule has 2 N–H and O–H groups in total. The molecule has 2 aromatic heterocycles. The van der Waals surface area contributed by atoms with Crippen LogP contribution in [0.4, 0.5) is 11.6 Å². The first-order valence-electron chi connectivity index (χ1n) is 8.84. The normalized spacial score (nSPS) is 17.0. The standard InChI is InChI=1S/C17H25N7O/c1-2-10-24-15(7-9-20-24)21-17(25)13-18-12-14-5-4-11-23(14)16-6-3-8-19-22-16/h3,6-9,14,18H,2,4-5,10-13H2,1H3,(H,21,25)/t14-/m0/s1. The summed E-state index contributed by atoms with van der Waals surface area (Å²) in [6.45, 7) is 4.89. The monoisotopic (exact) mass is 343 g/mol. The molecule has 0 unspecified atom stereocenters. The quantitative estimate of drug-likeness (QED) is 0.751. The summed E-state index contributed by atoms with van der Waals surface area (Å²) in [5.74, 6) is 1.59. The molecule has 0 aliphatic carbocycles. The molecule has 0 radical (unpaired) electrons. The third kappa shape index (κ3) is 4.54. The Labute approximate surface area is 147 Å². The van der Waals surface area contributed by atoms with E-state index in [4.69, 9.17) is 0 Å². The molecule has 3 heterocycles. The molecule has 0 saturated carbocycles. The number of nitrogens with one attached hydrogen (secondary N) is 2. The van der Waals surface area contributed by atoms with E-state index >= 15 is 0 Å². The van der Waals surface area contributed by atoms with Crippen LogP contribution in [-0.2, 0) is 11.3 Å². The molecule has 1 aliphatic rings. The Morgan fingerprint density at radius 1 is 1.36 bits per heavy atom. The van der Waals surface area contributed by atoms with E-state index in [2.05, 4.69) is 37.8 Å². The third-order valence-corrected chi connectivity index (χ3v) is 4.31. The molecule has 8 nitrogen and oxygen atoms in total. The van der Waals surface area contributed by atoms with Crippen LogP contribution >= 0.6 is 0 Å². The van der Waals surface area contributed by atoms with E-state index in [1.54, 1.807) is 12.4 Å². The third-order valence-electron chi connectivity index (χ3n) is 4.31. The lowest BCUT2D eigenvalue weighted by Crippen LogP contribution is -2.41. The number of carbonyl (C=O) groups excluding carboxylic acids is 1. The highest BCUT2D eigenvalue weighted by Gasteiger charge is 2.25. The van der Waals surface area contributed by atoms with Gasteiger partial charge in [0.2, 0.25) is 5.91 Å². The SMILES string of the molecule is CCCn1nccc1NC(=O)CNC[C@@H]1CCCN1c1cccnn1. The summed E-state index contributed by atoms with van der Waals surface area (Å²) in [5.41, 5.74) is 0. The van der Waals surface area contributed by atoms with E-state index in [1.807, 2.05) is 22.9 Å². The van der Waals surface area contributed by atoms with Crippen LogP contribution in [0.25, 0.3) is 0 Å². The van der Waals surface area contributed by atoms with Crippen molar-refractivity contribution in [2.75, 3.05) is 29.9 Å². The van der Waals surface area contributed by atoms with Gasteiger partial charge in [-0.15, -0.1) is 5.10 Å². The largest absolute Gasteiger partial charge is 0.351 e. The van der Waals surface area contributed by atoms with Crippen molar-refractivity contribution in [1.82, 2.24) is 25.3 Å². The minimum Gasteiger partial charge on any atom is -0.351 e. The Hall–Kier alpha value is -2.48. The van der Waals surface area contributed by atoms with E-state index in [-0.39, 0.29) is 12.5 Å². The number of amides is 1. The van der Waals surface area contributed by atoms with Crippen LogP contribution in [0.2, 0.25) is 0 Å². The summed E-state index contributed by atoms with van der Waals surface area (Å²) in [6, 6.07) is 6.04. The Morgan fingerprint density at radius 2 is 2.28 bits per heavy atom. The van der Waals surface area contributed by atoms with Crippen LogP contribution in [0.1, 0.15) is 26.2 Å². The number of aryl methyl sites for hydroxylation is 1. The molecule has 0 bridgehead atoms. The van der Waals surface area contributed by atoms with Crippen molar-refractivity contribution >= 4 is 17.5 Å². The highest BCUT2D eigenvalue weighted by molar-refractivity contribution is 5.91. The fourth-order valence-electron chi connectivity index (χ4n) is 3.16. The van der Waals surface area contributed by atoms with Crippen LogP contribution in [0.15, 0.2) is 30.6 Å². The maximum atomic E-state index is 12.1. The van der Waals surface area contributed by atoms with E-state index in [1.165, 1.54) is 0 Å². The molecule has 1 aliphatic heterocycles. The number of nitrogens with zero attached hydrogens (tertiary/aromatic N) is 5. The lowest BCUT2D eigenvalue weighted by molar-refractivity contribution is -0.115. The first-order chi connectivity index (χ1) is 12.3. The van der Waals surface area contributed by atoms with Gasteiger partial charge in [0.05, 0.1) is 12.7 Å². The smallest absolute Gasteiger partial charge is 0.239 e. The molecule has 1 atom stereocenters. The minimum atomic E-state index is -0.0538. The molecule has 1 amide bonds. The minimum absolute atomic E-state index is 0.0538. The molecule has 1 saturated heterocycles. The van der Waals surface area contributed by atoms with Crippen molar-refractivity contribution in [2.45, 2.75) is 38.8 Å². The van der Waals surface area contributed by atoms with Gasteiger partial charge in [0, 0.05) is 37.9 Å². The van der Waals surface area contributed by atoms with E-state index < -0.39 is 0 Å². The average Bonchev–Trinajstić information content (AvgIpc) is 3.26. The number of anilines is 2. The average molecular weight is 343 g/mol. The maximum absolute atomic E-state index is 12.1. The predicted octanol–water partition coefficient (Wildman–Crippen LogP) is 1.28. The second-order valence-electron chi connectivity index (χ2n) is 6.19. The Kier molecular flexibility index (Phi) is 5.95. The molecule has 2 aromatic rings. The van der Waals surface area contributed by atoms with Crippen LogP contribution < -0.4 is 15.5 Å². The summed E-state index contributed by atoms with van der Waals surface area (Å²) >= 11 is 0. The molecular formula is C17H25N7O. The van der Waals surface area contributed by atoms with Crippen molar-refractivity contribution in [3.63, 3.8) is 0 Å². The Morgan fingerprint density at radius 3 is 3.08 bits per heavy atom. The Balaban J connectivity index is 1.46. The fraction of sp³-hybridized carbons (Fsp3) is 0.529. The van der Waals surface area contributed by atoms with Gasteiger partial charge in [0.25, 0.3) is 0 Å². The van der Waals surface area contributed by atoms with Crippen molar-refractivity contribution in [3.8, 4) is 0 Å². The zero-order chi connectivity index (χ0) is 17.5. The summed E-state index contributed by atoms with van der Waals surface area (Å²) in [7, 11) is 0. The van der Waals surface area contributed by atoms with Gasteiger partial charge in [-0.05, 0) is 31.4 Å². The van der Waals surface area contributed by atoms with Gasteiger partial charge < -0.3 is 15.5 Å². The van der Waals surface area contributed by atoms with Crippen LogP contribution in [0.3, 0.4) is 0 Å². The van der Waals surface area contributed by atoms with E-state index in [9.17, 15) is 4.79 Å². The van der Waals surface area contributed by atoms with Crippen LogP contribution in [0.5, 0.6) is 0 Å². The molecule has 3 rings (SSSR count). The lowest BCUT2D eigenvalue weighted by Gasteiger charge is -2.25. The second-order valence-corrected chi connectivity index (χ2v) is 6.19. The first kappa shape index (κ1) is 17.3. The predicted molar refractivity (Wildman–Crippen MR) is 96.4 cm³/mol. The van der Waals surface area contributed by atoms with Gasteiger partial charge in [-0.25, -0.2) is 4.68 Å². The number of hydrogen-bond donors (Lipinski definition) is 2. The zero-order valence-corrected chi connectivity index (χ0v) is 14.6. The van der Waals surface area contributed by atoms with Gasteiger partial charge in [-0.3, -0.25) is 4.79 Å². The summed E-state index contributed by atoms with van der Waals surface area (Å²) in [6.07, 6.45) is 6.58. The summed E-state index contributed by atoms with van der Waals surface area (Å²) in [5, 5.41) is 18.5. The van der Waals surface area contributed by atoms with E-state index in [0.717, 1.165) is 50.5 Å².